The molecule has 0 heterocycles. The van der Waals surface area contributed by atoms with Crippen molar-refractivity contribution in [1.82, 2.24) is 15.5 Å². The lowest BCUT2D eigenvalue weighted by Crippen LogP contribution is -2.55. The summed E-state index contributed by atoms with van der Waals surface area (Å²) >= 11 is 1.61. The molecule has 0 saturated carbocycles. The van der Waals surface area contributed by atoms with Gasteiger partial charge in [0.1, 0.15) is 11.6 Å². The minimum atomic E-state index is -0.669. The highest BCUT2D eigenvalue weighted by Crippen LogP contribution is 2.15. The van der Waals surface area contributed by atoms with E-state index in [4.69, 9.17) is 9.47 Å². The van der Waals surface area contributed by atoms with Crippen LogP contribution in [-0.2, 0) is 19.1 Å². The summed E-state index contributed by atoms with van der Waals surface area (Å²) in [6, 6.07) is -1.27. The van der Waals surface area contributed by atoms with Crippen LogP contribution in [0.4, 0.5) is 4.79 Å². The first kappa shape index (κ1) is 30.5. The third-order valence-electron chi connectivity index (χ3n) is 5.33. The highest BCUT2D eigenvalue weighted by molar-refractivity contribution is 7.98. The summed E-state index contributed by atoms with van der Waals surface area (Å²) in [5.41, 5.74) is -0.583. The molecule has 0 rings (SSSR count). The van der Waals surface area contributed by atoms with Gasteiger partial charge in [-0.25, -0.2) is 9.59 Å². The largest absolute Gasteiger partial charge is 0.467 e. The van der Waals surface area contributed by atoms with Crippen LogP contribution in [0.15, 0.2) is 0 Å². The van der Waals surface area contributed by atoms with Gasteiger partial charge in [-0.05, 0) is 58.6 Å². The van der Waals surface area contributed by atoms with Gasteiger partial charge in [0.05, 0.1) is 13.2 Å². The minimum Gasteiger partial charge on any atom is -0.467 e. The van der Waals surface area contributed by atoms with Crippen molar-refractivity contribution in [3.05, 3.63) is 0 Å². The Morgan fingerprint density at radius 3 is 2.19 bits per heavy atom. The highest BCUT2D eigenvalue weighted by atomic mass is 32.2. The fraction of sp³-hybridized carbons (Fsp3) is 0.870. The lowest BCUT2D eigenvalue weighted by atomic mass is 9.97. The molecule has 2 N–H and O–H groups in total. The van der Waals surface area contributed by atoms with Crippen LogP contribution in [0, 0.1) is 5.92 Å². The Kier molecular flexibility index (Phi) is 14.7. The normalized spacial score (nSPS) is 15.4. The maximum absolute atomic E-state index is 13.1. The molecule has 0 unspecified atom stereocenters. The Bertz CT molecular complexity index is 582. The van der Waals surface area contributed by atoms with Crippen LogP contribution in [0.3, 0.4) is 0 Å². The molecule has 0 bridgehead atoms. The zero-order valence-corrected chi connectivity index (χ0v) is 22.3. The summed E-state index contributed by atoms with van der Waals surface area (Å²) in [5, 5.41) is 5.85. The second kappa shape index (κ2) is 15.4. The smallest absolute Gasteiger partial charge is 0.407 e. The average Bonchev–Trinajstić information content (AvgIpc) is 2.71. The summed E-state index contributed by atoms with van der Waals surface area (Å²) in [6.07, 6.45) is 4.32. The molecule has 32 heavy (non-hydrogen) atoms. The van der Waals surface area contributed by atoms with Crippen LogP contribution in [0.2, 0.25) is 0 Å². The second-order valence-corrected chi connectivity index (χ2v) is 10.2. The molecule has 4 atom stereocenters. The number of ether oxygens (including phenoxy) is 2. The molecule has 0 aliphatic rings. The van der Waals surface area contributed by atoms with Crippen LogP contribution in [0.1, 0.15) is 67.2 Å². The molecule has 0 aromatic heterocycles. The molecule has 188 valence electrons. The average molecular weight is 476 g/mol. The van der Waals surface area contributed by atoms with E-state index in [1.807, 2.05) is 45.9 Å². The first-order valence-electron chi connectivity index (χ1n) is 11.5. The van der Waals surface area contributed by atoms with E-state index < -0.39 is 29.7 Å². The van der Waals surface area contributed by atoms with Gasteiger partial charge in [0.25, 0.3) is 0 Å². The molecule has 0 aliphatic heterocycles. The molecule has 0 fully saturated rings. The fourth-order valence-corrected chi connectivity index (χ4v) is 3.74. The summed E-state index contributed by atoms with van der Waals surface area (Å²) in [4.78, 5) is 39.6. The number of nitrogens with zero attached hydrogens (tertiary/aromatic N) is 1. The third-order valence-corrected chi connectivity index (χ3v) is 5.97. The lowest BCUT2D eigenvalue weighted by Gasteiger charge is -2.34. The maximum Gasteiger partial charge on any atom is 0.407 e. The Balaban J connectivity index is 5.38. The van der Waals surface area contributed by atoms with E-state index in [0.717, 1.165) is 18.6 Å². The topological polar surface area (TPSA) is 97.0 Å². The summed E-state index contributed by atoms with van der Waals surface area (Å²) in [7, 11) is 3.20. The van der Waals surface area contributed by atoms with E-state index in [-0.39, 0.29) is 17.9 Å². The van der Waals surface area contributed by atoms with E-state index >= 15 is 0 Å². The number of thioether (sulfide) groups is 1. The molecular formula is C23H45N3O5S. The van der Waals surface area contributed by atoms with Crippen LogP contribution in [-0.4, -0.2) is 79.3 Å². The molecule has 0 saturated heterocycles. The van der Waals surface area contributed by atoms with Crippen LogP contribution >= 0.6 is 11.8 Å². The molecule has 0 spiro atoms. The first-order chi connectivity index (χ1) is 14.9. The maximum atomic E-state index is 13.1. The molecular weight excluding hydrogens is 430 g/mol. The van der Waals surface area contributed by atoms with Crippen LogP contribution < -0.4 is 10.6 Å². The molecule has 0 aromatic carbocycles. The number of esters is 1. The van der Waals surface area contributed by atoms with Crippen molar-refractivity contribution in [3.8, 4) is 0 Å². The standard InChI is InChI=1S/C23H45N3O5S/c1-10-12-19(20(27)24-17(13-14-32-9)21(28)30-8)26(7)15-18(16(3)11-2)25-22(29)31-23(4,5)6/h16-19H,10-15H2,1-9H3,(H,24,27)(H,25,29)/t16-,17-,18+,19-/m0/s1. The number of hydrogen-bond acceptors (Lipinski definition) is 7. The van der Waals surface area contributed by atoms with E-state index in [0.29, 0.717) is 19.4 Å². The Labute approximate surface area is 198 Å². The Morgan fingerprint density at radius 2 is 1.72 bits per heavy atom. The van der Waals surface area contributed by atoms with Gasteiger partial charge in [-0.1, -0.05) is 33.6 Å². The molecule has 0 aromatic rings. The van der Waals surface area contributed by atoms with E-state index in [2.05, 4.69) is 24.5 Å². The predicted molar refractivity (Wildman–Crippen MR) is 131 cm³/mol. The van der Waals surface area contributed by atoms with Crippen molar-refractivity contribution in [1.29, 1.82) is 0 Å². The van der Waals surface area contributed by atoms with Crippen molar-refractivity contribution in [2.24, 2.45) is 5.92 Å². The summed E-state index contributed by atoms with van der Waals surface area (Å²) < 4.78 is 10.3. The molecule has 0 aliphatic carbocycles. The van der Waals surface area contributed by atoms with Crippen molar-refractivity contribution in [2.75, 3.05) is 32.7 Å². The lowest BCUT2D eigenvalue weighted by molar-refractivity contribution is -0.145. The van der Waals surface area contributed by atoms with Gasteiger partial charge >= 0.3 is 12.1 Å². The van der Waals surface area contributed by atoms with Gasteiger partial charge in [0, 0.05) is 12.6 Å². The SMILES string of the molecule is CCC[C@@H](C(=O)N[C@@H](CCSC)C(=O)OC)N(C)C[C@@H](NC(=O)OC(C)(C)C)[C@@H](C)CC. The number of nitrogens with one attached hydrogen (secondary N) is 2. The Morgan fingerprint density at radius 1 is 1.09 bits per heavy atom. The van der Waals surface area contributed by atoms with Crippen molar-refractivity contribution < 1.29 is 23.9 Å². The van der Waals surface area contributed by atoms with Crippen LogP contribution in [0.25, 0.3) is 0 Å². The first-order valence-corrected chi connectivity index (χ1v) is 12.9. The van der Waals surface area contributed by atoms with Crippen molar-refractivity contribution in [3.63, 3.8) is 0 Å². The van der Waals surface area contributed by atoms with E-state index in [1.165, 1.54) is 7.11 Å². The van der Waals surface area contributed by atoms with Crippen molar-refractivity contribution in [2.45, 2.75) is 91.0 Å². The van der Waals surface area contributed by atoms with Crippen molar-refractivity contribution >= 4 is 29.7 Å². The number of hydrogen-bond donors (Lipinski definition) is 2. The number of likely N-dealkylation sites (N-methyl/N-ethyl adjacent to an activating group) is 1. The summed E-state index contributed by atoms with van der Waals surface area (Å²) in [5.74, 6) is 0.296. The number of amides is 2. The number of carbonyl (C=O) groups excluding carboxylic acids is 3. The highest BCUT2D eigenvalue weighted by Gasteiger charge is 2.31. The zero-order chi connectivity index (χ0) is 24.9. The molecule has 9 heteroatoms. The quantitative estimate of drug-likeness (QED) is 0.372. The fourth-order valence-electron chi connectivity index (χ4n) is 3.27. The minimum absolute atomic E-state index is 0.181. The number of alkyl carbamates (subject to hydrolysis) is 1. The van der Waals surface area contributed by atoms with Gasteiger partial charge in [0.2, 0.25) is 5.91 Å². The van der Waals surface area contributed by atoms with E-state index in [1.54, 1.807) is 11.8 Å². The number of carbonyl (C=O) groups is 3. The molecule has 0 radical (unpaired) electrons. The molecule has 8 nitrogen and oxygen atoms in total. The number of methoxy groups -OCH3 is 1. The molecule has 2 amide bonds. The zero-order valence-electron chi connectivity index (χ0n) is 21.4. The second-order valence-electron chi connectivity index (χ2n) is 9.25. The van der Waals surface area contributed by atoms with Gasteiger partial charge in [-0.15, -0.1) is 0 Å². The monoisotopic (exact) mass is 475 g/mol. The van der Waals surface area contributed by atoms with E-state index in [9.17, 15) is 14.4 Å². The summed E-state index contributed by atoms with van der Waals surface area (Å²) in [6.45, 7) is 12.1. The Hall–Kier alpha value is -1.48. The predicted octanol–water partition coefficient (Wildman–Crippen LogP) is 3.44. The van der Waals surface area contributed by atoms with Gasteiger partial charge in [0.15, 0.2) is 0 Å². The van der Waals surface area contributed by atoms with Gasteiger partial charge in [-0.2, -0.15) is 11.8 Å². The van der Waals surface area contributed by atoms with Crippen LogP contribution in [0.5, 0.6) is 0 Å². The number of rotatable bonds is 14. The van der Waals surface area contributed by atoms with Gasteiger partial charge in [-0.3, -0.25) is 9.69 Å². The third kappa shape index (κ3) is 11.9. The van der Waals surface area contributed by atoms with Gasteiger partial charge < -0.3 is 20.1 Å².